The maximum atomic E-state index is 3.37. The summed E-state index contributed by atoms with van der Waals surface area (Å²) >= 11 is 0. The van der Waals surface area contributed by atoms with E-state index in [0.29, 0.717) is 0 Å². The zero-order valence-corrected chi connectivity index (χ0v) is 10.0. The molecule has 0 saturated heterocycles. The van der Waals surface area contributed by atoms with Gasteiger partial charge in [0, 0.05) is 24.8 Å². The van der Waals surface area contributed by atoms with Crippen molar-refractivity contribution in [1.82, 2.24) is 0 Å². The monoisotopic (exact) mass is 223 g/mol. The number of halogens is 1. The summed E-state index contributed by atoms with van der Waals surface area (Å²) in [5, 5.41) is 3.37. The summed E-state index contributed by atoms with van der Waals surface area (Å²) in [5.41, 5.74) is 5.89. The molecule has 0 aliphatic carbocycles. The van der Waals surface area contributed by atoms with E-state index in [-0.39, 0.29) is 12.4 Å². The average Bonchev–Trinajstić information content (AvgIpc) is 2.21. The van der Waals surface area contributed by atoms with Crippen molar-refractivity contribution in [3.8, 4) is 0 Å². The van der Waals surface area contributed by atoms with Crippen molar-refractivity contribution >= 4 is 29.5 Å². The lowest BCUT2D eigenvalue weighted by Crippen LogP contribution is -2.64. The highest BCUT2D eigenvalue weighted by Gasteiger charge is 2.11. The Morgan fingerprint density at radius 1 is 1.13 bits per heavy atom. The molecule has 1 aliphatic heterocycles. The molecule has 80 valence electrons. The van der Waals surface area contributed by atoms with Crippen molar-refractivity contribution in [3.63, 3.8) is 0 Å². The molecule has 1 aromatic carbocycles. The zero-order chi connectivity index (χ0) is 10.1. The lowest BCUT2D eigenvalue weighted by molar-refractivity contribution is -0.351. The normalized spacial score (nSPS) is 13.8. The van der Waals surface area contributed by atoms with Gasteiger partial charge in [0.25, 0.3) is 0 Å². The third-order valence-corrected chi connectivity index (χ3v) is 2.27. The number of fused-ring (bicyclic) bond motifs is 1. The van der Waals surface area contributed by atoms with Crippen molar-refractivity contribution in [3.05, 3.63) is 35.5 Å². The van der Waals surface area contributed by atoms with Crippen molar-refractivity contribution in [1.29, 1.82) is 0 Å². The first kappa shape index (κ1) is 11.8. The molecule has 2 rings (SSSR count). The maximum absolute atomic E-state index is 3.37. The SMILES string of the molecule is CC1=CC(C)=[NH+]c2ccc(C)cc2N1.Cl. The van der Waals surface area contributed by atoms with Gasteiger partial charge in [0.05, 0.1) is 0 Å². The number of allylic oxidation sites excluding steroid dienone is 2. The van der Waals surface area contributed by atoms with E-state index in [2.05, 4.69) is 55.4 Å². The fourth-order valence-electron chi connectivity index (χ4n) is 1.69. The third kappa shape index (κ3) is 2.60. The third-order valence-electron chi connectivity index (χ3n) is 2.27. The highest BCUT2D eigenvalue weighted by molar-refractivity contribution is 5.91. The van der Waals surface area contributed by atoms with Gasteiger partial charge in [-0.25, -0.2) is 4.99 Å². The molecule has 15 heavy (non-hydrogen) atoms. The van der Waals surface area contributed by atoms with Crippen LogP contribution in [0.1, 0.15) is 19.4 Å². The molecule has 1 aromatic rings. The number of benzene rings is 1. The zero-order valence-electron chi connectivity index (χ0n) is 9.22. The first-order valence-electron chi connectivity index (χ1n) is 4.82. The maximum Gasteiger partial charge on any atom is 0.227 e. The summed E-state index contributed by atoms with van der Waals surface area (Å²) in [6, 6.07) is 6.37. The molecule has 0 amide bonds. The minimum absolute atomic E-state index is 0. The van der Waals surface area contributed by atoms with E-state index in [0.717, 1.165) is 17.1 Å². The van der Waals surface area contributed by atoms with Gasteiger partial charge >= 0.3 is 0 Å². The van der Waals surface area contributed by atoms with E-state index < -0.39 is 0 Å². The predicted octanol–water partition coefficient (Wildman–Crippen LogP) is 1.92. The van der Waals surface area contributed by atoms with Gasteiger partial charge in [-0.2, -0.15) is 0 Å². The number of hydrogen-bond donors (Lipinski definition) is 2. The van der Waals surface area contributed by atoms with Crippen LogP contribution in [0, 0.1) is 6.92 Å². The highest BCUT2D eigenvalue weighted by atomic mass is 35.5. The van der Waals surface area contributed by atoms with Crippen LogP contribution in [0.2, 0.25) is 0 Å². The molecule has 0 spiro atoms. The second-order valence-electron chi connectivity index (χ2n) is 3.81. The average molecular weight is 224 g/mol. The predicted molar refractivity (Wildman–Crippen MR) is 67.1 cm³/mol. The highest BCUT2D eigenvalue weighted by Crippen LogP contribution is 2.20. The smallest absolute Gasteiger partial charge is 0.227 e. The minimum Gasteiger partial charge on any atom is -0.354 e. The lowest BCUT2D eigenvalue weighted by atomic mass is 10.2. The van der Waals surface area contributed by atoms with Gasteiger partial charge in [-0.15, -0.1) is 12.4 Å². The van der Waals surface area contributed by atoms with Gasteiger partial charge in [-0.3, -0.25) is 0 Å². The summed E-state index contributed by atoms with van der Waals surface area (Å²) in [5.74, 6) is 0. The van der Waals surface area contributed by atoms with Gasteiger partial charge in [-0.1, -0.05) is 6.07 Å². The second-order valence-corrected chi connectivity index (χ2v) is 3.81. The van der Waals surface area contributed by atoms with Crippen molar-refractivity contribution in [2.24, 2.45) is 0 Å². The standard InChI is InChI=1S/C12H14N2.ClH/c1-8-4-5-11-12(6-8)14-10(3)7-9(2)13-11;/h4-7,14H,1-3H3;1H/p+1. The summed E-state index contributed by atoms with van der Waals surface area (Å²) in [7, 11) is 0. The Bertz CT molecular complexity index is 433. The minimum atomic E-state index is 0. The summed E-state index contributed by atoms with van der Waals surface area (Å²) in [4.78, 5) is 3.36. The number of aryl methyl sites for hydroxylation is 1. The molecular weight excluding hydrogens is 208 g/mol. The van der Waals surface area contributed by atoms with E-state index in [1.807, 2.05) is 0 Å². The fraction of sp³-hybridized carbons (Fsp3) is 0.250. The Hall–Kier alpha value is -1.28. The lowest BCUT2D eigenvalue weighted by Gasteiger charge is -2.04. The molecule has 0 atom stereocenters. The van der Waals surface area contributed by atoms with Gasteiger partial charge in [0.15, 0.2) is 5.71 Å². The molecule has 0 bridgehead atoms. The molecule has 3 heteroatoms. The van der Waals surface area contributed by atoms with Crippen LogP contribution in [0.5, 0.6) is 0 Å². The first-order chi connectivity index (χ1) is 6.65. The molecule has 2 nitrogen and oxygen atoms in total. The molecule has 0 unspecified atom stereocenters. The molecule has 2 N–H and O–H groups in total. The van der Waals surface area contributed by atoms with Crippen LogP contribution in [0.25, 0.3) is 0 Å². The molecule has 1 heterocycles. The first-order valence-corrected chi connectivity index (χ1v) is 4.82. The van der Waals surface area contributed by atoms with Crippen LogP contribution < -0.4 is 10.3 Å². The van der Waals surface area contributed by atoms with E-state index in [4.69, 9.17) is 0 Å². The van der Waals surface area contributed by atoms with E-state index in [1.165, 1.54) is 11.3 Å². The van der Waals surface area contributed by atoms with Gasteiger partial charge in [0.1, 0.15) is 5.69 Å². The van der Waals surface area contributed by atoms with Crippen LogP contribution in [0.15, 0.2) is 30.0 Å². The molecule has 0 fully saturated rings. The second kappa shape index (κ2) is 4.49. The number of nitrogens with one attached hydrogen (secondary N) is 2. The van der Waals surface area contributed by atoms with Crippen LogP contribution in [0.4, 0.5) is 11.4 Å². The number of anilines is 1. The van der Waals surface area contributed by atoms with E-state index in [9.17, 15) is 0 Å². The Labute approximate surface area is 96.5 Å². The quantitative estimate of drug-likeness (QED) is 0.691. The van der Waals surface area contributed by atoms with Crippen molar-refractivity contribution in [2.45, 2.75) is 20.8 Å². The molecule has 0 aromatic heterocycles. The van der Waals surface area contributed by atoms with Gasteiger partial charge < -0.3 is 5.32 Å². The number of rotatable bonds is 0. The number of hydrogen-bond acceptors (Lipinski definition) is 1. The Balaban J connectivity index is 0.00000112. The van der Waals surface area contributed by atoms with Gasteiger partial charge in [-0.05, 0) is 25.5 Å². The van der Waals surface area contributed by atoms with Crippen LogP contribution in [-0.4, -0.2) is 5.71 Å². The Kier molecular flexibility index (Phi) is 3.53. The summed E-state index contributed by atoms with van der Waals surface area (Å²) < 4.78 is 0. The fourth-order valence-corrected chi connectivity index (χ4v) is 1.69. The van der Waals surface area contributed by atoms with Crippen molar-refractivity contribution < 1.29 is 4.99 Å². The molecule has 0 saturated carbocycles. The molecular formula is C12H16ClN2+. The summed E-state index contributed by atoms with van der Waals surface area (Å²) in [6.07, 6.45) is 2.11. The van der Waals surface area contributed by atoms with Crippen LogP contribution >= 0.6 is 12.4 Å². The topological polar surface area (TPSA) is 26.0 Å². The van der Waals surface area contributed by atoms with Gasteiger partial charge in [0.2, 0.25) is 5.69 Å². The molecule has 1 aliphatic rings. The Morgan fingerprint density at radius 2 is 1.87 bits per heavy atom. The summed E-state index contributed by atoms with van der Waals surface area (Å²) in [6.45, 7) is 6.24. The molecule has 0 radical (unpaired) electrons. The van der Waals surface area contributed by atoms with E-state index in [1.54, 1.807) is 0 Å². The Morgan fingerprint density at radius 3 is 2.60 bits per heavy atom. The van der Waals surface area contributed by atoms with E-state index >= 15 is 0 Å². The largest absolute Gasteiger partial charge is 0.354 e. The van der Waals surface area contributed by atoms with Crippen LogP contribution in [0.3, 0.4) is 0 Å². The van der Waals surface area contributed by atoms with Crippen LogP contribution in [-0.2, 0) is 0 Å². The van der Waals surface area contributed by atoms with Crippen molar-refractivity contribution in [2.75, 3.05) is 5.32 Å².